The summed E-state index contributed by atoms with van der Waals surface area (Å²) in [5, 5.41) is 6.46. The molecular weight excluding hydrogens is 286 g/mol. The number of hydrogen-bond donors (Lipinski definition) is 2. The van der Waals surface area contributed by atoms with Crippen LogP contribution in [-0.4, -0.2) is 16.9 Å². The Morgan fingerprint density at radius 3 is 2.52 bits per heavy atom. The number of carbonyl (C=O) groups is 1. The molecule has 1 aliphatic rings. The zero-order valence-corrected chi connectivity index (χ0v) is 13.5. The maximum atomic E-state index is 12.2. The molecule has 0 spiro atoms. The normalized spacial score (nSPS) is 16.0. The van der Waals surface area contributed by atoms with Crippen LogP contribution in [0.2, 0.25) is 0 Å². The average molecular weight is 309 g/mol. The number of benzene rings is 1. The van der Waals surface area contributed by atoms with Crippen LogP contribution in [0.15, 0.2) is 48.7 Å². The molecule has 1 atom stereocenters. The summed E-state index contributed by atoms with van der Waals surface area (Å²) in [5.74, 6) is -0.0699. The Hall–Kier alpha value is -2.36. The molecule has 1 fully saturated rings. The van der Waals surface area contributed by atoms with E-state index in [1.54, 1.807) is 12.3 Å². The minimum atomic E-state index is -0.0699. The summed E-state index contributed by atoms with van der Waals surface area (Å²) in [5.41, 5.74) is 2.61. The average Bonchev–Trinajstić information content (AvgIpc) is 3.09. The van der Waals surface area contributed by atoms with Crippen LogP contribution in [0.5, 0.6) is 0 Å². The van der Waals surface area contributed by atoms with E-state index in [4.69, 9.17) is 0 Å². The largest absolute Gasteiger partial charge is 0.377 e. The molecule has 3 rings (SSSR count). The maximum Gasteiger partial charge on any atom is 0.270 e. The number of nitrogens with one attached hydrogen (secondary N) is 2. The van der Waals surface area contributed by atoms with E-state index in [2.05, 4.69) is 34.7 Å². The second-order valence-corrected chi connectivity index (χ2v) is 6.16. The van der Waals surface area contributed by atoms with Crippen LogP contribution in [0.25, 0.3) is 0 Å². The summed E-state index contributed by atoms with van der Waals surface area (Å²) in [4.78, 5) is 16.5. The van der Waals surface area contributed by atoms with Crippen molar-refractivity contribution < 1.29 is 4.79 Å². The van der Waals surface area contributed by atoms with Gasteiger partial charge in [0.15, 0.2) is 0 Å². The van der Waals surface area contributed by atoms with Gasteiger partial charge in [0.25, 0.3) is 5.91 Å². The minimum absolute atomic E-state index is 0.0699. The summed E-state index contributed by atoms with van der Waals surface area (Å²) in [6.45, 7) is 2.11. The van der Waals surface area contributed by atoms with E-state index in [1.165, 1.54) is 18.4 Å². The predicted molar refractivity (Wildman–Crippen MR) is 92.4 cm³/mol. The monoisotopic (exact) mass is 309 g/mol. The van der Waals surface area contributed by atoms with Gasteiger partial charge in [0.2, 0.25) is 0 Å². The summed E-state index contributed by atoms with van der Waals surface area (Å²) in [6.07, 6.45) is 6.31. The van der Waals surface area contributed by atoms with Crippen molar-refractivity contribution in [1.82, 2.24) is 10.3 Å². The standard InChI is InChI=1S/C19H23N3O/c1-14(15-7-3-2-4-8-15)21-17-11-12-18(20-13-17)19(23)22-16-9-5-6-10-16/h2-4,7-8,11-14,16,21H,5-6,9-10H2,1H3,(H,22,23). The Bertz CT molecular complexity index is 633. The third-order valence-corrected chi connectivity index (χ3v) is 4.37. The van der Waals surface area contributed by atoms with Crippen molar-refractivity contribution in [3.05, 3.63) is 59.9 Å². The minimum Gasteiger partial charge on any atom is -0.377 e. The van der Waals surface area contributed by atoms with Crippen LogP contribution < -0.4 is 10.6 Å². The summed E-state index contributed by atoms with van der Waals surface area (Å²) >= 11 is 0. The van der Waals surface area contributed by atoms with Crippen molar-refractivity contribution >= 4 is 11.6 Å². The highest BCUT2D eigenvalue weighted by Crippen LogP contribution is 2.19. The SMILES string of the molecule is CC(Nc1ccc(C(=O)NC2CCCC2)nc1)c1ccccc1. The molecule has 1 aromatic carbocycles. The van der Waals surface area contributed by atoms with E-state index in [0.717, 1.165) is 18.5 Å². The number of rotatable bonds is 5. The molecule has 0 saturated heterocycles. The van der Waals surface area contributed by atoms with Gasteiger partial charge in [-0.25, -0.2) is 4.98 Å². The molecule has 1 aromatic heterocycles. The Morgan fingerprint density at radius 2 is 1.87 bits per heavy atom. The lowest BCUT2D eigenvalue weighted by atomic mass is 10.1. The van der Waals surface area contributed by atoms with E-state index in [1.807, 2.05) is 24.3 Å². The Morgan fingerprint density at radius 1 is 1.13 bits per heavy atom. The van der Waals surface area contributed by atoms with Gasteiger partial charge in [-0.3, -0.25) is 4.79 Å². The van der Waals surface area contributed by atoms with Crippen molar-refractivity contribution in [1.29, 1.82) is 0 Å². The van der Waals surface area contributed by atoms with Crippen molar-refractivity contribution in [2.75, 3.05) is 5.32 Å². The van der Waals surface area contributed by atoms with Gasteiger partial charge < -0.3 is 10.6 Å². The van der Waals surface area contributed by atoms with Crippen molar-refractivity contribution in [3.8, 4) is 0 Å². The van der Waals surface area contributed by atoms with E-state index in [-0.39, 0.29) is 11.9 Å². The molecular formula is C19H23N3O. The highest BCUT2D eigenvalue weighted by atomic mass is 16.1. The zero-order valence-electron chi connectivity index (χ0n) is 13.5. The van der Waals surface area contributed by atoms with Gasteiger partial charge in [-0.15, -0.1) is 0 Å². The van der Waals surface area contributed by atoms with Gasteiger partial charge in [-0.1, -0.05) is 43.2 Å². The molecule has 120 valence electrons. The molecule has 0 radical (unpaired) electrons. The van der Waals surface area contributed by atoms with Crippen LogP contribution in [0.1, 0.15) is 54.7 Å². The molecule has 0 bridgehead atoms. The quantitative estimate of drug-likeness (QED) is 0.880. The molecule has 2 N–H and O–H groups in total. The molecule has 1 saturated carbocycles. The van der Waals surface area contributed by atoms with Gasteiger partial charge in [-0.05, 0) is 37.5 Å². The van der Waals surface area contributed by atoms with Gasteiger partial charge in [-0.2, -0.15) is 0 Å². The smallest absolute Gasteiger partial charge is 0.270 e. The van der Waals surface area contributed by atoms with Gasteiger partial charge in [0, 0.05) is 12.1 Å². The van der Waals surface area contributed by atoms with Crippen molar-refractivity contribution in [2.45, 2.75) is 44.7 Å². The van der Waals surface area contributed by atoms with Crippen LogP contribution in [0.3, 0.4) is 0 Å². The fourth-order valence-electron chi connectivity index (χ4n) is 3.02. The molecule has 1 amide bonds. The number of carbonyl (C=O) groups excluding carboxylic acids is 1. The first-order chi connectivity index (χ1) is 11.2. The summed E-state index contributed by atoms with van der Waals surface area (Å²) < 4.78 is 0. The van der Waals surface area contributed by atoms with E-state index in [9.17, 15) is 4.79 Å². The Balaban J connectivity index is 1.59. The fourth-order valence-corrected chi connectivity index (χ4v) is 3.02. The van der Waals surface area contributed by atoms with Crippen molar-refractivity contribution in [3.63, 3.8) is 0 Å². The molecule has 0 aliphatic heterocycles. The lowest BCUT2D eigenvalue weighted by Crippen LogP contribution is -2.33. The van der Waals surface area contributed by atoms with E-state index >= 15 is 0 Å². The second kappa shape index (κ2) is 7.27. The molecule has 4 nitrogen and oxygen atoms in total. The molecule has 4 heteroatoms. The maximum absolute atomic E-state index is 12.2. The zero-order chi connectivity index (χ0) is 16.1. The molecule has 2 aromatic rings. The number of hydrogen-bond acceptors (Lipinski definition) is 3. The van der Waals surface area contributed by atoms with Gasteiger partial charge in [0.1, 0.15) is 5.69 Å². The number of pyridine rings is 1. The van der Waals surface area contributed by atoms with Gasteiger partial charge >= 0.3 is 0 Å². The summed E-state index contributed by atoms with van der Waals surface area (Å²) in [7, 11) is 0. The molecule has 1 aliphatic carbocycles. The van der Waals surface area contributed by atoms with Crippen LogP contribution >= 0.6 is 0 Å². The number of amides is 1. The van der Waals surface area contributed by atoms with Crippen LogP contribution in [0.4, 0.5) is 5.69 Å². The Labute approximate surface area is 137 Å². The lowest BCUT2D eigenvalue weighted by Gasteiger charge is -2.16. The van der Waals surface area contributed by atoms with Crippen LogP contribution in [-0.2, 0) is 0 Å². The number of nitrogens with zero attached hydrogens (tertiary/aromatic N) is 1. The van der Waals surface area contributed by atoms with Crippen molar-refractivity contribution in [2.24, 2.45) is 0 Å². The highest BCUT2D eigenvalue weighted by molar-refractivity contribution is 5.92. The number of anilines is 1. The molecule has 1 heterocycles. The topological polar surface area (TPSA) is 54.0 Å². The lowest BCUT2D eigenvalue weighted by molar-refractivity contribution is 0.0933. The Kier molecular flexibility index (Phi) is 4.91. The fraction of sp³-hybridized carbons (Fsp3) is 0.368. The summed E-state index contributed by atoms with van der Waals surface area (Å²) in [6, 6.07) is 14.5. The first kappa shape index (κ1) is 15.5. The predicted octanol–water partition coefficient (Wildman–Crippen LogP) is 3.93. The first-order valence-electron chi connectivity index (χ1n) is 8.31. The highest BCUT2D eigenvalue weighted by Gasteiger charge is 2.18. The first-order valence-corrected chi connectivity index (χ1v) is 8.31. The van der Waals surface area contributed by atoms with E-state index in [0.29, 0.717) is 11.7 Å². The van der Waals surface area contributed by atoms with E-state index < -0.39 is 0 Å². The van der Waals surface area contributed by atoms with Crippen LogP contribution in [0, 0.1) is 0 Å². The second-order valence-electron chi connectivity index (χ2n) is 6.16. The third-order valence-electron chi connectivity index (χ3n) is 4.37. The third kappa shape index (κ3) is 4.09. The molecule has 23 heavy (non-hydrogen) atoms. The number of aromatic nitrogens is 1. The van der Waals surface area contributed by atoms with Gasteiger partial charge in [0.05, 0.1) is 11.9 Å². The molecule has 1 unspecified atom stereocenters.